The number of ether oxygens (including phenoxy) is 1. The summed E-state index contributed by atoms with van der Waals surface area (Å²) in [5.41, 5.74) is 0.799. The number of benzene rings is 1. The number of carbonyl (C=O) groups excluding carboxylic acids is 3. The molecule has 4 rings (SSSR count). The number of anilines is 1. The first kappa shape index (κ1) is 21.8. The van der Waals surface area contributed by atoms with Gasteiger partial charge in [-0.3, -0.25) is 14.4 Å². The maximum absolute atomic E-state index is 14.0. The molecule has 2 fully saturated rings. The van der Waals surface area contributed by atoms with E-state index < -0.39 is 11.5 Å². The molecule has 0 spiro atoms. The molecule has 1 aliphatic carbocycles. The van der Waals surface area contributed by atoms with E-state index >= 15 is 0 Å². The molecule has 1 aromatic carbocycles. The van der Waals surface area contributed by atoms with Gasteiger partial charge in [0, 0.05) is 31.1 Å². The number of hydrogen-bond acceptors (Lipinski definition) is 4. The van der Waals surface area contributed by atoms with Crippen molar-refractivity contribution < 1.29 is 19.1 Å². The van der Waals surface area contributed by atoms with Gasteiger partial charge in [0.15, 0.2) is 0 Å². The first-order valence-electron chi connectivity index (χ1n) is 11.8. The zero-order valence-corrected chi connectivity index (χ0v) is 18.9. The van der Waals surface area contributed by atoms with Crippen LogP contribution in [0.1, 0.15) is 70.8 Å². The average molecular weight is 427 g/mol. The summed E-state index contributed by atoms with van der Waals surface area (Å²) in [5.74, 6) is -0.811. The minimum atomic E-state index is -1.07. The van der Waals surface area contributed by atoms with Crippen LogP contribution in [-0.2, 0) is 19.1 Å². The molecule has 2 amide bonds. The van der Waals surface area contributed by atoms with Gasteiger partial charge in [-0.15, -0.1) is 0 Å². The normalized spacial score (nSPS) is 27.1. The number of amides is 2. The lowest BCUT2D eigenvalue weighted by Gasteiger charge is -2.46. The summed E-state index contributed by atoms with van der Waals surface area (Å²) < 4.78 is 5.40. The van der Waals surface area contributed by atoms with Crippen molar-refractivity contribution in [2.45, 2.75) is 70.8 Å². The molecule has 1 saturated carbocycles. The molecule has 6 nitrogen and oxygen atoms in total. The van der Waals surface area contributed by atoms with Gasteiger partial charge in [0.05, 0.1) is 12.5 Å². The minimum Gasteiger partial charge on any atom is -0.466 e. The molecule has 31 heavy (non-hydrogen) atoms. The van der Waals surface area contributed by atoms with Crippen LogP contribution in [0, 0.1) is 11.8 Å². The van der Waals surface area contributed by atoms with Crippen LogP contribution in [0.25, 0.3) is 0 Å². The first-order chi connectivity index (χ1) is 14.9. The lowest BCUT2D eigenvalue weighted by molar-refractivity contribution is -0.148. The van der Waals surface area contributed by atoms with Crippen LogP contribution < -0.4 is 4.90 Å². The lowest BCUT2D eigenvalue weighted by atomic mass is 9.72. The van der Waals surface area contributed by atoms with Crippen LogP contribution in [0.2, 0.25) is 0 Å². The maximum atomic E-state index is 14.0. The van der Waals surface area contributed by atoms with Crippen molar-refractivity contribution in [1.82, 2.24) is 4.90 Å². The molecule has 6 heteroatoms. The van der Waals surface area contributed by atoms with Crippen molar-refractivity contribution in [3.63, 3.8) is 0 Å². The Kier molecular flexibility index (Phi) is 6.09. The summed E-state index contributed by atoms with van der Waals surface area (Å²) in [6.45, 7) is 6.96. The molecule has 3 atom stereocenters. The zero-order chi connectivity index (χ0) is 22.2. The molecule has 0 unspecified atom stereocenters. The average Bonchev–Trinajstić information content (AvgIpc) is 3.52. The highest BCUT2D eigenvalue weighted by Gasteiger charge is 2.63. The van der Waals surface area contributed by atoms with E-state index in [2.05, 4.69) is 6.92 Å². The maximum Gasteiger partial charge on any atom is 0.311 e. The molecule has 0 bridgehead atoms. The van der Waals surface area contributed by atoms with Crippen LogP contribution in [0.15, 0.2) is 24.3 Å². The van der Waals surface area contributed by atoms with Crippen molar-refractivity contribution in [3.05, 3.63) is 29.8 Å². The van der Waals surface area contributed by atoms with E-state index in [1.807, 2.05) is 36.1 Å². The third-order valence-corrected chi connectivity index (χ3v) is 7.21. The SMILES string of the molecule is CCCCCC(=O)N1C[C@H](C(=O)OCC)[C@H]2c3ccccc3N(CC3CC3)C(=O)[C@]21C. The number of fused-ring (bicyclic) bond motifs is 3. The Morgan fingerprint density at radius 1 is 1.16 bits per heavy atom. The van der Waals surface area contributed by atoms with E-state index in [4.69, 9.17) is 4.74 Å². The summed E-state index contributed by atoms with van der Waals surface area (Å²) in [6, 6.07) is 7.89. The van der Waals surface area contributed by atoms with E-state index in [0.29, 0.717) is 18.9 Å². The highest BCUT2D eigenvalue weighted by atomic mass is 16.5. The Morgan fingerprint density at radius 3 is 2.58 bits per heavy atom. The third kappa shape index (κ3) is 3.74. The Hall–Kier alpha value is -2.37. The first-order valence-corrected chi connectivity index (χ1v) is 11.8. The van der Waals surface area contributed by atoms with Crippen LogP contribution >= 0.6 is 0 Å². The highest BCUT2D eigenvalue weighted by Crippen LogP contribution is 2.54. The largest absolute Gasteiger partial charge is 0.466 e. The second-order valence-corrected chi connectivity index (χ2v) is 9.36. The number of carbonyl (C=O) groups is 3. The summed E-state index contributed by atoms with van der Waals surface area (Å²) in [6.07, 6.45) is 5.48. The molecule has 1 aromatic rings. The monoisotopic (exact) mass is 426 g/mol. The smallest absolute Gasteiger partial charge is 0.311 e. The predicted octanol–water partition coefficient (Wildman–Crippen LogP) is 3.89. The molecule has 0 radical (unpaired) electrons. The Bertz CT molecular complexity index is 865. The van der Waals surface area contributed by atoms with Crippen molar-refractivity contribution in [1.29, 1.82) is 0 Å². The molecule has 0 aromatic heterocycles. The Balaban J connectivity index is 1.77. The summed E-state index contributed by atoms with van der Waals surface area (Å²) in [4.78, 5) is 43.9. The van der Waals surface area contributed by atoms with Gasteiger partial charge in [-0.2, -0.15) is 0 Å². The molecule has 2 aliphatic heterocycles. The molecular formula is C25H34N2O4. The fourth-order valence-electron chi connectivity index (χ4n) is 5.42. The number of esters is 1. The number of unbranched alkanes of at least 4 members (excludes halogenated alkanes) is 2. The van der Waals surface area contributed by atoms with Gasteiger partial charge in [-0.25, -0.2) is 0 Å². The van der Waals surface area contributed by atoms with Crippen molar-refractivity contribution >= 4 is 23.5 Å². The van der Waals surface area contributed by atoms with Crippen molar-refractivity contribution in [2.75, 3.05) is 24.6 Å². The van der Waals surface area contributed by atoms with E-state index in [-0.39, 0.29) is 36.9 Å². The van der Waals surface area contributed by atoms with Gasteiger partial charge >= 0.3 is 5.97 Å². The summed E-state index contributed by atoms with van der Waals surface area (Å²) in [5, 5.41) is 0. The highest BCUT2D eigenvalue weighted by molar-refractivity contribution is 6.07. The Morgan fingerprint density at radius 2 is 1.90 bits per heavy atom. The summed E-state index contributed by atoms with van der Waals surface area (Å²) >= 11 is 0. The van der Waals surface area contributed by atoms with Crippen LogP contribution in [-0.4, -0.2) is 47.9 Å². The third-order valence-electron chi connectivity index (χ3n) is 7.21. The topological polar surface area (TPSA) is 66.9 Å². The Labute approximate surface area is 184 Å². The minimum absolute atomic E-state index is 0.0353. The number of rotatable bonds is 8. The van der Waals surface area contributed by atoms with Gasteiger partial charge in [-0.1, -0.05) is 38.0 Å². The van der Waals surface area contributed by atoms with Gasteiger partial charge in [-0.05, 0) is 50.7 Å². The van der Waals surface area contributed by atoms with E-state index in [1.54, 1.807) is 11.8 Å². The predicted molar refractivity (Wildman–Crippen MR) is 119 cm³/mol. The number of likely N-dealkylation sites (tertiary alicyclic amines) is 1. The van der Waals surface area contributed by atoms with Gasteiger partial charge in [0.25, 0.3) is 5.91 Å². The fourth-order valence-corrected chi connectivity index (χ4v) is 5.42. The molecule has 2 heterocycles. The van der Waals surface area contributed by atoms with Crippen molar-refractivity contribution in [2.24, 2.45) is 11.8 Å². The summed E-state index contributed by atoms with van der Waals surface area (Å²) in [7, 11) is 0. The standard InChI is InChI=1S/C25H34N2O4/c1-4-6-7-12-21(28)27-16-19(23(29)31-5-2)22-18-10-8-9-11-20(18)26(15-17-13-14-17)24(30)25(22,27)3/h8-11,17,19,22H,4-7,12-16H2,1-3H3/t19-,22+,25-/m0/s1. The molecule has 168 valence electrons. The molecule has 0 N–H and O–H groups in total. The molecule has 1 saturated heterocycles. The van der Waals surface area contributed by atoms with Crippen LogP contribution in [0.3, 0.4) is 0 Å². The van der Waals surface area contributed by atoms with Gasteiger partial charge < -0.3 is 14.5 Å². The number of nitrogens with zero attached hydrogens (tertiary/aromatic N) is 2. The zero-order valence-electron chi connectivity index (χ0n) is 18.9. The van der Waals surface area contributed by atoms with Gasteiger partial charge in [0.1, 0.15) is 5.54 Å². The quantitative estimate of drug-likeness (QED) is 0.467. The number of para-hydroxylation sites is 1. The molecular weight excluding hydrogens is 392 g/mol. The lowest BCUT2D eigenvalue weighted by Crippen LogP contribution is -2.62. The van der Waals surface area contributed by atoms with Crippen LogP contribution in [0.5, 0.6) is 0 Å². The van der Waals surface area contributed by atoms with E-state index in [1.165, 1.54) is 0 Å². The van der Waals surface area contributed by atoms with E-state index in [9.17, 15) is 14.4 Å². The van der Waals surface area contributed by atoms with Gasteiger partial charge in [0.2, 0.25) is 5.91 Å². The van der Waals surface area contributed by atoms with E-state index in [0.717, 1.165) is 43.4 Å². The second-order valence-electron chi connectivity index (χ2n) is 9.36. The van der Waals surface area contributed by atoms with Crippen LogP contribution in [0.4, 0.5) is 5.69 Å². The molecule has 3 aliphatic rings. The van der Waals surface area contributed by atoms with Crippen molar-refractivity contribution in [3.8, 4) is 0 Å². The fraction of sp³-hybridized carbons (Fsp3) is 0.640. The number of hydrogen-bond donors (Lipinski definition) is 0. The second kappa shape index (κ2) is 8.64.